The van der Waals surface area contributed by atoms with Crippen molar-refractivity contribution in [2.45, 2.75) is 13.0 Å². The summed E-state index contributed by atoms with van der Waals surface area (Å²) in [7, 11) is 3.24. The Morgan fingerprint density at radius 2 is 1.91 bits per heavy atom. The van der Waals surface area contributed by atoms with Crippen LogP contribution in [0.2, 0.25) is 0 Å². The van der Waals surface area contributed by atoms with Gasteiger partial charge in [-0.25, -0.2) is 4.98 Å². The zero-order chi connectivity index (χ0) is 15.7. The van der Waals surface area contributed by atoms with E-state index < -0.39 is 6.10 Å². The molecule has 0 saturated heterocycles. The van der Waals surface area contributed by atoms with E-state index >= 15 is 0 Å². The summed E-state index contributed by atoms with van der Waals surface area (Å²) < 4.78 is 10.6. The zero-order valence-corrected chi connectivity index (χ0v) is 12.8. The van der Waals surface area contributed by atoms with Crippen molar-refractivity contribution in [3.8, 4) is 22.9 Å². The molecule has 22 heavy (non-hydrogen) atoms. The van der Waals surface area contributed by atoms with Gasteiger partial charge in [-0.05, 0) is 36.8 Å². The van der Waals surface area contributed by atoms with Crippen LogP contribution in [-0.4, -0.2) is 29.3 Å². The van der Waals surface area contributed by atoms with Crippen molar-refractivity contribution in [2.75, 3.05) is 14.2 Å². The summed E-state index contributed by atoms with van der Waals surface area (Å²) >= 11 is 0. The first kappa shape index (κ1) is 14.4. The summed E-state index contributed by atoms with van der Waals surface area (Å²) in [5.74, 6) is 2.14. The molecular weight excluding hydrogens is 280 g/mol. The van der Waals surface area contributed by atoms with E-state index in [0.29, 0.717) is 5.75 Å². The smallest absolute Gasteiger partial charge is 0.142 e. The second-order valence-electron chi connectivity index (χ2n) is 5.10. The van der Waals surface area contributed by atoms with Gasteiger partial charge in [0.2, 0.25) is 0 Å². The number of aliphatic hydroxyl groups excluding tert-OH is 1. The lowest BCUT2D eigenvalue weighted by Gasteiger charge is -2.08. The first-order valence-corrected chi connectivity index (χ1v) is 7.02. The van der Waals surface area contributed by atoms with Crippen LogP contribution in [0.25, 0.3) is 22.4 Å². The van der Waals surface area contributed by atoms with Gasteiger partial charge in [0, 0.05) is 6.07 Å². The number of nitrogens with one attached hydrogen (secondary N) is 1. The van der Waals surface area contributed by atoms with E-state index in [0.717, 1.165) is 33.7 Å². The van der Waals surface area contributed by atoms with E-state index in [-0.39, 0.29) is 0 Å². The molecule has 1 unspecified atom stereocenters. The van der Waals surface area contributed by atoms with Gasteiger partial charge in [-0.2, -0.15) is 0 Å². The third-order valence-corrected chi connectivity index (χ3v) is 3.65. The van der Waals surface area contributed by atoms with Gasteiger partial charge in [-0.1, -0.05) is 6.07 Å². The molecule has 0 radical (unpaired) electrons. The minimum atomic E-state index is -0.508. The SMILES string of the molecule is COc1ccc(-c2nc3ccc(C(C)O)cc3[nH]2)c(OC)c1. The molecule has 1 atom stereocenters. The van der Waals surface area contributed by atoms with E-state index in [4.69, 9.17) is 9.47 Å². The molecule has 114 valence electrons. The van der Waals surface area contributed by atoms with Crippen LogP contribution in [0.4, 0.5) is 0 Å². The Balaban J connectivity index is 2.10. The largest absolute Gasteiger partial charge is 0.497 e. The lowest BCUT2D eigenvalue weighted by Crippen LogP contribution is -1.91. The van der Waals surface area contributed by atoms with E-state index in [1.807, 2.05) is 36.4 Å². The first-order valence-electron chi connectivity index (χ1n) is 7.02. The fourth-order valence-electron chi connectivity index (χ4n) is 2.41. The number of hydrogen-bond acceptors (Lipinski definition) is 4. The third-order valence-electron chi connectivity index (χ3n) is 3.65. The molecule has 2 N–H and O–H groups in total. The molecule has 0 aliphatic rings. The Morgan fingerprint density at radius 3 is 2.59 bits per heavy atom. The van der Waals surface area contributed by atoms with E-state index in [2.05, 4.69) is 9.97 Å². The number of aromatic amines is 1. The molecule has 3 rings (SSSR count). The van der Waals surface area contributed by atoms with Gasteiger partial charge in [-0.3, -0.25) is 0 Å². The van der Waals surface area contributed by atoms with Gasteiger partial charge in [0.1, 0.15) is 17.3 Å². The summed E-state index contributed by atoms with van der Waals surface area (Å²) in [5.41, 5.74) is 3.44. The number of aliphatic hydroxyl groups is 1. The molecule has 0 saturated carbocycles. The number of methoxy groups -OCH3 is 2. The van der Waals surface area contributed by atoms with Crippen molar-refractivity contribution >= 4 is 11.0 Å². The average Bonchev–Trinajstić information content (AvgIpc) is 2.96. The number of aromatic nitrogens is 2. The molecular formula is C17H18N2O3. The molecule has 0 aliphatic heterocycles. The highest BCUT2D eigenvalue weighted by atomic mass is 16.5. The monoisotopic (exact) mass is 298 g/mol. The second kappa shape index (κ2) is 5.69. The molecule has 0 spiro atoms. The van der Waals surface area contributed by atoms with E-state index in [1.54, 1.807) is 21.1 Å². The maximum atomic E-state index is 9.68. The fraction of sp³-hybridized carbons (Fsp3) is 0.235. The number of nitrogens with zero attached hydrogens (tertiary/aromatic N) is 1. The van der Waals surface area contributed by atoms with Gasteiger partial charge in [0.15, 0.2) is 0 Å². The Morgan fingerprint density at radius 1 is 1.09 bits per heavy atom. The molecule has 1 aromatic heterocycles. The van der Waals surface area contributed by atoms with Crippen molar-refractivity contribution in [1.82, 2.24) is 9.97 Å². The van der Waals surface area contributed by atoms with Crippen LogP contribution in [0.15, 0.2) is 36.4 Å². The number of ether oxygens (including phenoxy) is 2. The molecule has 0 amide bonds. The molecule has 5 heteroatoms. The van der Waals surface area contributed by atoms with Crippen molar-refractivity contribution in [3.63, 3.8) is 0 Å². The molecule has 0 bridgehead atoms. The second-order valence-corrected chi connectivity index (χ2v) is 5.10. The van der Waals surface area contributed by atoms with Gasteiger partial charge >= 0.3 is 0 Å². The van der Waals surface area contributed by atoms with Gasteiger partial charge in [0.05, 0.1) is 36.9 Å². The Bertz CT molecular complexity index is 809. The van der Waals surface area contributed by atoms with Crippen LogP contribution in [0, 0.1) is 0 Å². The van der Waals surface area contributed by atoms with Crippen LogP contribution in [0.3, 0.4) is 0 Å². The Kier molecular flexibility index (Phi) is 3.73. The predicted molar refractivity (Wildman–Crippen MR) is 85.3 cm³/mol. The summed E-state index contributed by atoms with van der Waals surface area (Å²) in [6, 6.07) is 11.3. The van der Waals surface area contributed by atoms with Crippen molar-refractivity contribution in [3.05, 3.63) is 42.0 Å². The van der Waals surface area contributed by atoms with Crippen LogP contribution < -0.4 is 9.47 Å². The summed E-state index contributed by atoms with van der Waals surface area (Å²) in [6.07, 6.45) is -0.508. The number of H-pyrrole nitrogens is 1. The minimum Gasteiger partial charge on any atom is -0.497 e. The van der Waals surface area contributed by atoms with Crippen LogP contribution in [0.5, 0.6) is 11.5 Å². The average molecular weight is 298 g/mol. The highest BCUT2D eigenvalue weighted by molar-refractivity contribution is 5.81. The molecule has 2 aromatic carbocycles. The van der Waals surface area contributed by atoms with Crippen molar-refractivity contribution in [2.24, 2.45) is 0 Å². The van der Waals surface area contributed by atoms with Gasteiger partial charge in [0.25, 0.3) is 0 Å². The topological polar surface area (TPSA) is 67.4 Å². The number of fused-ring (bicyclic) bond motifs is 1. The third kappa shape index (κ3) is 2.51. The number of rotatable bonds is 4. The highest BCUT2D eigenvalue weighted by Gasteiger charge is 2.12. The lowest BCUT2D eigenvalue weighted by molar-refractivity contribution is 0.199. The van der Waals surface area contributed by atoms with Crippen LogP contribution >= 0.6 is 0 Å². The minimum absolute atomic E-state index is 0.508. The van der Waals surface area contributed by atoms with Crippen molar-refractivity contribution in [1.29, 1.82) is 0 Å². The summed E-state index contributed by atoms with van der Waals surface area (Å²) in [6.45, 7) is 1.74. The lowest BCUT2D eigenvalue weighted by atomic mass is 10.1. The zero-order valence-electron chi connectivity index (χ0n) is 12.8. The molecule has 3 aromatic rings. The standard InChI is InChI=1S/C17H18N2O3/c1-10(20)11-4-7-14-15(8-11)19-17(18-14)13-6-5-12(21-2)9-16(13)22-3/h4-10,20H,1-3H3,(H,18,19). The van der Waals surface area contributed by atoms with Crippen molar-refractivity contribution < 1.29 is 14.6 Å². The number of hydrogen-bond donors (Lipinski definition) is 2. The first-order chi connectivity index (χ1) is 10.6. The van der Waals surface area contributed by atoms with Gasteiger partial charge in [-0.15, -0.1) is 0 Å². The fourth-order valence-corrected chi connectivity index (χ4v) is 2.41. The summed E-state index contributed by atoms with van der Waals surface area (Å²) in [5, 5.41) is 9.68. The molecule has 0 fully saturated rings. The van der Waals surface area contributed by atoms with Crippen LogP contribution in [-0.2, 0) is 0 Å². The number of benzene rings is 2. The Labute approximate surface area is 128 Å². The molecule has 1 heterocycles. The van der Waals surface area contributed by atoms with Gasteiger partial charge < -0.3 is 19.6 Å². The molecule has 0 aliphatic carbocycles. The molecule has 5 nitrogen and oxygen atoms in total. The summed E-state index contributed by atoms with van der Waals surface area (Å²) in [4.78, 5) is 7.87. The number of imidazole rings is 1. The normalized spacial score (nSPS) is 12.4. The maximum absolute atomic E-state index is 9.68. The predicted octanol–water partition coefficient (Wildman–Crippen LogP) is 3.30. The maximum Gasteiger partial charge on any atom is 0.142 e. The van der Waals surface area contributed by atoms with E-state index in [9.17, 15) is 5.11 Å². The Hall–Kier alpha value is -2.53. The highest BCUT2D eigenvalue weighted by Crippen LogP contribution is 2.33. The van der Waals surface area contributed by atoms with E-state index in [1.165, 1.54) is 0 Å². The van der Waals surface area contributed by atoms with Crippen LogP contribution in [0.1, 0.15) is 18.6 Å². The quantitative estimate of drug-likeness (QED) is 0.775.